The Morgan fingerprint density at radius 3 is 2.43 bits per heavy atom. The van der Waals surface area contributed by atoms with Gasteiger partial charge in [-0.3, -0.25) is 0 Å². The van der Waals surface area contributed by atoms with E-state index in [-0.39, 0.29) is 11.9 Å². The summed E-state index contributed by atoms with van der Waals surface area (Å²) in [7, 11) is 3.28. The van der Waals surface area contributed by atoms with E-state index in [4.69, 9.17) is 19.3 Å². The second-order valence-electron chi connectivity index (χ2n) is 7.28. The minimum Gasteiger partial charge on any atom is -0.497 e. The molecular weight excluding hydrogens is 383 g/mol. The van der Waals surface area contributed by atoms with Crippen molar-refractivity contribution in [2.24, 2.45) is 5.10 Å². The highest BCUT2D eigenvalue weighted by atomic mass is 19.1. The van der Waals surface area contributed by atoms with Crippen LogP contribution in [0.1, 0.15) is 35.4 Å². The number of hydrazone groups is 1. The normalized spacial score (nSPS) is 19.4. The van der Waals surface area contributed by atoms with E-state index in [0.29, 0.717) is 12.2 Å². The van der Waals surface area contributed by atoms with Gasteiger partial charge in [-0.15, -0.1) is 0 Å². The second kappa shape index (κ2) is 7.37. The van der Waals surface area contributed by atoms with Crippen LogP contribution in [0, 0.1) is 5.82 Å². The SMILES string of the molecule is COc1ccc([C@H]2Oc3c(OC)cccc3[C@@H]3CC(c4ccc(F)cc4)=NN23)cc1. The number of fused-ring (bicyclic) bond motifs is 3. The van der Waals surface area contributed by atoms with Crippen LogP contribution in [0.3, 0.4) is 0 Å². The van der Waals surface area contributed by atoms with Gasteiger partial charge in [0.25, 0.3) is 0 Å². The molecule has 2 aliphatic rings. The van der Waals surface area contributed by atoms with E-state index in [1.54, 1.807) is 26.4 Å². The minimum atomic E-state index is -0.414. The predicted octanol–water partition coefficient (Wildman–Crippen LogP) is 5.09. The third-order valence-corrected chi connectivity index (χ3v) is 5.58. The molecule has 0 fully saturated rings. The second-order valence-corrected chi connectivity index (χ2v) is 7.28. The van der Waals surface area contributed by atoms with Crippen molar-refractivity contribution in [3.05, 3.63) is 89.2 Å². The Morgan fingerprint density at radius 1 is 0.967 bits per heavy atom. The highest BCUT2D eigenvalue weighted by molar-refractivity contribution is 6.02. The van der Waals surface area contributed by atoms with Crippen molar-refractivity contribution in [1.82, 2.24) is 5.01 Å². The standard InChI is InChI=1S/C24H21FN2O3/c1-28-18-12-8-16(9-13-18)24-27-21(19-4-3-5-22(29-2)23(19)30-24)14-20(26-27)15-6-10-17(25)11-7-15/h3-13,21,24H,14H2,1-2H3/t21-,24+/m0/s1. The molecule has 0 aliphatic carbocycles. The van der Waals surface area contributed by atoms with Crippen LogP contribution in [-0.2, 0) is 0 Å². The lowest BCUT2D eigenvalue weighted by Gasteiger charge is -2.38. The fourth-order valence-electron chi connectivity index (χ4n) is 4.05. The molecule has 0 unspecified atom stereocenters. The fraction of sp³-hybridized carbons (Fsp3) is 0.208. The maximum atomic E-state index is 13.4. The molecule has 6 heteroatoms. The largest absolute Gasteiger partial charge is 0.497 e. The summed E-state index contributed by atoms with van der Waals surface area (Å²) >= 11 is 0. The van der Waals surface area contributed by atoms with Gasteiger partial charge >= 0.3 is 0 Å². The number of halogens is 1. The van der Waals surface area contributed by atoms with Crippen LogP contribution in [0.4, 0.5) is 4.39 Å². The van der Waals surface area contributed by atoms with Crippen molar-refractivity contribution in [2.45, 2.75) is 18.7 Å². The summed E-state index contributed by atoms with van der Waals surface area (Å²) in [6.07, 6.45) is 0.282. The first-order chi connectivity index (χ1) is 14.7. The zero-order chi connectivity index (χ0) is 20.7. The molecule has 2 atom stereocenters. The average molecular weight is 404 g/mol. The van der Waals surface area contributed by atoms with Gasteiger partial charge in [0.1, 0.15) is 11.6 Å². The quantitative estimate of drug-likeness (QED) is 0.608. The maximum absolute atomic E-state index is 13.4. The summed E-state index contributed by atoms with van der Waals surface area (Å²) in [5.41, 5.74) is 3.79. The molecule has 152 valence electrons. The van der Waals surface area contributed by atoms with Gasteiger partial charge in [0, 0.05) is 17.5 Å². The van der Waals surface area contributed by atoms with Gasteiger partial charge in [0.05, 0.1) is 26.0 Å². The molecule has 5 rings (SSSR count). The third kappa shape index (κ3) is 3.05. The zero-order valence-electron chi connectivity index (χ0n) is 16.7. The molecule has 0 radical (unpaired) electrons. The van der Waals surface area contributed by atoms with E-state index in [9.17, 15) is 4.39 Å². The highest BCUT2D eigenvalue weighted by Gasteiger charge is 2.42. The van der Waals surface area contributed by atoms with Gasteiger partial charge in [-0.1, -0.05) is 24.3 Å². The molecular formula is C24H21FN2O3. The van der Waals surface area contributed by atoms with Gasteiger partial charge in [0.15, 0.2) is 11.5 Å². The number of hydrogen-bond acceptors (Lipinski definition) is 5. The lowest BCUT2D eigenvalue weighted by atomic mass is 9.95. The highest BCUT2D eigenvalue weighted by Crippen LogP contribution is 2.50. The predicted molar refractivity (Wildman–Crippen MR) is 111 cm³/mol. The summed E-state index contributed by atoms with van der Waals surface area (Å²) in [6, 6.07) is 20.1. The van der Waals surface area contributed by atoms with Gasteiger partial charge in [-0.2, -0.15) is 5.10 Å². The van der Waals surface area contributed by atoms with Gasteiger partial charge < -0.3 is 14.2 Å². The van der Waals surface area contributed by atoms with Gasteiger partial charge in [-0.05, 0) is 48.0 Å². The van der Waals surface area contributed by atoms with E-state index in [2.05, 4.69) is 0 Å². The Bertz CT molecular complexity index is 1100. The van der Waals surface area contributed by atoms with E-state index < -0.39 is 6.23 Å². The van der Waals surface area contributed by atoms with Gasteiger partial charge in [0.2, 0.25) is 6.23 Å². The van der Waals surface area contributed by atoms with Crippen molar-refractivity contribution >= 4 is 5.71 Å². The number of nitrogens with zero attached hydrogens (tertiary/aromatic N) is 2. The first kappa shape index (κ1) is 18.5. The molecule has 0 amide bonds. The first-order valence-corrected chi connectivity index (χ1v) is 9.77. The molecule has 0 saturated carbocycles. The molecule has 0 aromatic heterocycles. The van der Waals surface area contributed by atoms with Crippen LogP contribution >= 0.6 is 0 Å². The van der Waals surface area contributed by atoms with E-state index in [0.717, 1.165) is 33.9 Å². The monoisotopic (exact) mass is 404 g/mol. The molecule has 2 heterocycles. The summed E-state index contributed by atoms with van der Waals surface area (Å²) in [4.78, 5) is 0. The Kier molecular flexibility index (Phi) is 4.54. The number of benzene rings is 3. The summed E-state index contributed by atoms with van der Waals surface area (Å²) in [5.74, 6) is 1.95. The van der Waals surface area contributed by atoms with Gasteiger partial charge in [-0.25, -0.2) is 9.40 Å². The smallest absolute Gasteiger partial charge is 0.214 e. The molecule has 0 N–H and O–H groups in total. The van der Waals surface area contributed by atoms with Crippen LogP contribution in [-0.4, -0.2) is 24.9 Å². The van der Waals surface area contributed by atoms with Crippen LogP contribution in [0.15, 0.2) is 71.8 Å². The lowest BCUT2D eigenvalue weighted by Crippen LogP contribution is -2.33. The number of para-hydroxylation sites is 1. The van der Waals surface area contributed by atoms with Crippen LogP contribution < -0.4 is 14.2 Å². The van der Waals surface area contributed by atoms with Crippen molar-refractivity contribution in [3.63, 3.8) is 0 Å². The molecule has 3 aromatic carbocycles. The Labute approximate surface area is 174 Å². The van der Waals surface area contributed by atoms with Crippen LogP contribution in [0.2, 0.25) is 0 Å². The van der Waals surface area contributed by atoms with Crippen molar-refractivity contribution in [1.29, 1.82) is 0 Å². The minimum absolute atomic E-state index is 0.00370. The number of methoxy groups -OCH3 is 2. The molecule has 2 aliphatic heterocycles. The molecule has 3 aromatic rings. The topological polar surface area (TPSA) is 43.3 Å². The fourth-order valence-corrected chi connectivity index (χ4v) is 4.05. The van der Waals surface area contributed by atoms with Crippen molar-refractivity contribution in [2.75, 3.05) is 14.2 Å². The van der Waals surface area contributed by atoms with E-state index in [1.165, 1.54) is 12.1 Å². The maximum Gasteiger partial charge on any atom is 0.214 e. The summed E-state index contributed by atoms with van der Waals surface area (Å²) in [5, 5.41) is 6.88. The Balaban J connectivity index is 1.59. The molecule has 5 nitrogen and oxygen atoms in total. The zero-order valence-corrected chi connectivity index (χ0v) is 16.7. The van der Waals surface area contributed by atoms with Crippen molar-refractivity contribution < 1.29 is 18.6 Å². The summed E-state index contributed by atoms with van der Waals surface area (Å²) in [6.45, 7) is 0. The van der Waals surface area contributed by atoms with Crippen molar-refractivity contribution in [3.8, 4) is 17.2 Å². The molecule has 0 saturated heterocycles. The van der Waals surface area contributed by atoms with E-state index >= 15 is 0 Å². The molecule has 0 bridgehead atoms. The Morgan fingerprint density at radius 2 is 1.73 bits per heavy atom. The number of rotatable bonds is 4. The third-order valence-electron chi connectivity index (χ3n) is 5.58. The molecule has 30 heavy (non-hydrogen) atoms. The number of ether oxygens (including phenoxy) is 3. The molecule has 0 spiro atoms. The van der Waals surface area contributed by atoms with E-state index in [1.807, 2.05) is 47.5 Å². The number of hydrogen-bond donors (Lipinski definition) is 0. The van der Waals surface area contributed by atoms with Crippen LogP contribution in [0.25, 0.3) is 0 Å². The van der Waals surface area contributed by atoms with Crippen LogP contribution in [0.5, 0.6) is 17.2 Å². The lowest BCUT2D eigenvalue weighted by molar-refractivity contribution is -0.0209. The first-order valence-electron chi connectivity index (χ1n) is 9.77. The summed E-state index contributed by atoms with van der Waals surface area (Å²) < 4.78 is 30.7. The average Bonchev–Trinajstić information content (AvgIpc) is 3.24. The Hall–Kier alpha value is -3.54.